The zero-order chi connectivity index (χ0) is 12.6. The molecule has 8 heteroatoms. The molecule has 1 aromatic heterocycles. The Morgan fingerprint density at radius 2 is 1.82 bits per heavy atom. The van der Waals surface area contributed by atoms with Crippen molar-refractivity contribution in [2.24, 2.45) is 5.84 Å². The molecule has 0 unspecified atom stereocenters. The van der Waals surface area contributed by atoms with Crippen molar-refractivity contribution < 1.29 is 12.9 Å². The highest BCUT2D eigenvalue weighted by Gasteiger charge is 2.32. The van der Waals surface area contributed by atoms with E-state index in [1.807, 2.05) is 0 Å². The molecule has 0 saturated carbocycles. The van der Waals surface area contributed by atoms with Gasteiger partial charge in [-0.1, -0.05) is 5.16 Å². The number of hydrogen-bond acceptors (Lipinski definition) is 6. The summed E-state index contributed by atoms with van der Waals surface area (Å²) in [7, 11) is -3.51. The number of nitrogens with zero attached hydrogens (tertiary/aromatic N) is 3. The van der Waals surface area contributed by atoms with Gasteiger partial charge in [-0.3, -0.25) is 5.84 Å². The molecule has 2 rings (SSSR count). The van der Waals surface area contributed by atoms with Gasteiger partial charge in [0.05, 0.1) is 0 Å². The van der Waals surface area contributed by atoms with Gasteiger partial charge in [-0.15, -0.1) is 0 Å². The molecule has 0 aromatic carbocycles. The molecule has 0 radical (unpaired) electrons. The van der Waals surface area contributed by atoms with Crippen molar-refractivity contribution in [3.8, 4) is 0 Å². The summed E-state index contributed by atoms with van der Waals surface area (Å²) in [4.78, 5) is 0.183. The van der Waals surface area contributed by atoms with Gasteiger partial charge >= 0.3 is 0 Å². The van der Waals surface area contributed by atoms with Crippen LogP contribution in [0.1, 0.15) is 11.5 Å². The maximum absolute atomic E-state index is 12.4. The van der Waals surface area contributed by atoms with E-state index in [-0.39, 0.29) is 4.90 Å². The van der Waals surface area contributed by atoms with Crippen molar-refractivity contribution in [3.05, 3.63) is 11.5 Å². The molecule has 0 atom stereocenters. The molecule has 17 heavy (non-hydrogen) atoms. The molecule has 0 aliphatic carbocycles. The molecule has 2 heterocycles. The average molecular weight is 260 g/mol. The van der Waals surface area contributed by atoms with Crippen molar-refractivity contribution in [2.75, 3.05) is 26.2 Å². The Labute approximate surface area is 100 Å². The summed E-state index contributed by atoms with van der Waals surface area (Å²) < 4.78 is 31.0. The lowest BCUT2D eigenvalue weighted by atomic mass is 10.4. The highest BCUT2D eigenvalue weighted by atomic mass is 32.2. The van der Waals surface area contributed by atoms with E-state index in [2.05, 4.69) is 5.16 Å². The summed E-state index contributed by atoms with van der Waals surface area (Å²) in [6.45, 7) is 5.08. The minimum atomic E-state index is -3.51. The SMILES string of the molecule is Cc1noc(C)c1S(=O)(=O)N1CCN(N)CC1. The number of sulfonamides is 1. The van der Waals surface area contributed by atoms with Crippen molar-refractivity contribution in [3.63, 3.8) is 0 Å². The predicted molar refractivity (Wildman–Crippen MR) is 60.5 cm³/mol. The van der Waals surface area contributed by atoms with Gasteiger partial charge in [0.15, 0.2) is 5.76 Å². The number of hydrogen-bond donors (Lipinski definition) is 1. The number of hydrazine groups is 1. The molecular formula is C9H16N4O3S. The molecule has 1 aliphatic heterocycles. The van der Waals surface area contributed by atoms with Crippen LogP contribution < -0.4 is 5.84 Å². The number of rotatable bonds is 2. The fraction of sp³-hybridized carbons (Fsp3) is 0.667. The van der Waals surface area contributed by atoms with E-state index in [1.165, 1.54) is 4.31 Å². The van der Waals surface area contributed by atoms with E-state index in [0.717, 1.165) is 0 Å². The summed E-state index contributed by atoms with van der Waals surface area (Å²) in [6, 6.07) is 0. The van der Waals surface area contributed by atoms with Crippen LogP contribution in [0.3, 0.4) is 0 Å². The van der Waals surface area contributed by atoms with Crippen molar-refractivity contribution in [1.82, 2.24) is 14.5 Å². The minimum Gasteiger partial charge on any atom is -0.360 e. The second-order valence-corrected chi connectivity index (χ2v) is 5.97. The first-order chi connectivity index (χ1) is 7.93. The fourth-order valence-electron chi connectivity index (χ4n) is 1.92. The molecule has 7 nitrogen and oxygen atoms in total. The summed E-state index contributed by atoms with van der Waals surface area (Å²) in [5, 5.41) is 5.29. The highest BCUT2D eigenvalue weighted by molar-refractivity contribution is 7.89. The summed E-state index contributed by atoms with van der Waals surface area (Å²) >= 11 is 0. The largest absolute Gasteiger partial charge is 0.360 e. The third-order valence-corrected chi connectivity index (χ3v) is 4.98. The Morgan fingerprint density at radius 3 is 2.29 bits per heavy atom. The van der Waals surface area contributed by atoms with Gasteiger partial charge in [-0.25, -0.2) is 13.4 Å². The van der Waals surface area contributed by atoms with Crippen molar-refractivity contribution in [1.29, 1.82) is 0 Å². The molecule has 1 aromatic rings. The molecule has 1 fully saturated rings. The molecule has 96 valence electrons. The van der Waals surface area contributed by atoms with Gasteiger partial charge in [-0.2, -0.15) is 4.31 Å². The Bertz CT molecular complexity index is 483. The molecule has 0 amide bonds. The third-order valence-electron chi connectivity index (χ3n) is 2.84. The summed E-state index contributed by atoms with van der Waals surface area (Å²) in [6.07, 6.45) is 0. The Morgan fingerprint density at radius 1 is 1.24 bits per heavy atom. The van der Waals surface area contributed by atoms with Gasteiger partial charge in [-0.05, 0) is 13.8 Å². The van der Waals surface area contributed by atoms with Gasteiger partial charge < -0.3 is 4.52 Å². The summed E-state index contributed by atoms with van der Waals surface area (Å²) in [5.41, 5.74) is 0.401. The number of piperazine rings is 1. The molecular weight excluding hydrogens is 244 g/mol. The second-order valence-electron chi connectivity index (χ2n) is 4.09. The van der Waals surface area contributed by atoms with Crippen LogP contribution in [0, 0.1) is 13.8 Å². The normalized spacial score (nSPS) is 19.7. The van der Waals surface area contributed by atoms with Gasteiger partial charge in [0.1, 0.15) is 10.6 Å². The fourth-order valence-corrected chi connectivity index (χ4v) is 3.63. The molecule has 0 spiro atoms. The number of nitrogens with two attached hydrogens (primary N) is 1. The Balaban J connectivity index is 2.31. The first kappa shape index (κ1) is 12.5. The Hall–Kier alpha value is -0.960. The van der Waals surface area contributed by atoms with E-state index in [4.69, 9.17) is 10.4 Å². The predicted octanol–water partition coefficient (Wildman–Crippen LogP) is -0.529. The first-order valence-electron chi connectivity index (χ1n) is 5.35. The van der Waals surface area contributed by atoms with E-state index in [0.29, 0.717) is 37.6 Å². The quantitative estimate of drug-likeness (QED) is 0.719. The number of aromatic nitrogens is 1. The van der Waals surface area contributed by atoms with Crippen LogP contribution in [-0.2, 0) is 10.0 Å². The van der Waals surface area contributed by atoms with Crippen LogP contribution in [0.2, 0.25) is 0 Å². The zero-order valence-electron chi connectivity index (χ0n) is 9.88. The van der Waals surface area contributed by atoms with Crippen LogP contribution in [0.25, 0.3) is 0 Å². The highest BCUT2D eigenvalue weighted by Crippen LogP contribution is 2.23. The van der Waals surface area contributed by atoms with Crippen LogP contribution in [0.5, 0.6) is 0 Å². The van der Waals surface area contributed by atoms with Gasteiger partial charge in [0, 0.05) is 26.2 Å². The van der Waals surface area contributed by atoms with E-state index < -0.39 is 10.0 Å². The van der Waals surface area contributed by atoms with Gasteiger partial charge in [0.25, 0.3) is 0 Å². The lowest BCUT2D eigenvalue weighted by Gasteiger charge is -2.30. The lowest BCUT2D eigenvalue weighted by molar-refractivity contribution is 0.192. The van der Waals surface area contributed by atoms with Crippen molar-refractivity contribution in [2.45, 2.75) is 18.7 Å². The zero-order valence-corrected chi connectivity index (χ0v) is 10.7. The van der Waals surface area contributed by atoms with Gasteiger partial charge in [0.2, 0.25) is 10.0 Å². The van der Waals surface area contributed by atoms with E-state index in [1.54, 1.807) is 18.9 Å². The third kappa shape index (κ3) is 2.21. The first-order valence-corrected chi connectivity index (χ1v) is 6.79. The molecule has 0 bridgehead atoms. The second kappa shape index (κ2) is 4.37. The van der Waals surface area contributed by atoms with Crippen LogP contribution >= 0.6 is 0 Å². The molecule has 2 N–H and O–H groups in total. The van der Waals surface area contributed by atoms with Crippen LogP contribution in [0.4, 0.5) is 0 Å². The standard InChI is InChI=1S/C9H16N4O3S/c1-7-9(8(2)16-11-7)17(14,15)13-5-3-12(10)4-6-13/h3-6,10H2,1-2H3. The average Bonchev–Trinajstić information content (AvgIpc) is 2.59. The van der Waals surface area contributed by atoms with E-state index >= 15 is 0 Å². The maximum Gasteiger partial charge on any atom is 0.248 e. The maximum atomic E-state index is 12.4. The molecule has 1 aliphatic rings. The van der Waals surface area contributed by atoms with E-state index in [9.17, 15) is 8.42 Å². The summed E-state index contributed by atoms with van der Waals surface area (Å²) in [5.74, 6) is 5.93. The lowest BCUT2D eigenvalue weighted by Crippen LogP contribution is -2.51. The monoisotopic (exact) mass is 260 g/mol. The Kier molecular flexibility index (Phi) is 3.21. The van der Waals surface area contributed by atoms with Crippen molar-refractivity contribution >= 4 is 10.0 Å². The molecule has 1 saturated heterocycles. The smallest absolute Gasteiger partial charge is 0.248 e. The minimum absolute atomic E-state index is 0.183. The number of aryl methyl sites for hydroxylation is 2. The topological polar surface area (TPSA) is 92.7 Å². The van der Waals surface area contributed by atoms with Crippen LogP contribution in [0.15, 0.2) is 9.42 Å². The van der Waals surface area contributed by atoms with Crippen LogP contribution in [-0.4, -0.2) is 49.1 Å².